The van der Waals surface area contributed by atoms with Crippen LogP contribution in [-0.4, -0.2) is 27.0 Å². The highest BCUT2D eigenvalue weighted by molar-refractivity contribution is 5.93. The van der Waals surface area contributed by atoms with Gasteiger partial charge in [0.2, 0.25) is 0 Å². The minimum absolute atomic E-state index is 0.0714. The van der Waals surface area contributed by atoms with E-state index in [0.717, 1.165) is 0 Å². The average molecular weight is 233 g/mol. The van der Waals surface area contributed by atoms with E-state index in [9.17, 15) is 4.79 Å². The highest BCUT2D eigenvalue weighted by atomic mass is 16.4. The molecule has 0 fully saturated rings. The normalized spacial score (nSPS) is 11.9. The van der Waals surface area contributed by atoms with E-state index in [0.29, 0.717) is 17.9 Å². The van der Waals surface area contributed by atoms with Gasteiger partial charge in [-0.15, -0.1) is 0 Å². The number of carboxylic acids is 1. The fraction of sp³-hybridized carbons (Fsp3) is 0.333. The molecule has 0 aliphatic rings. The average Bonchev–Trinajstić information content (AvgIpc) is 2.69. The Balaban J connectivity index is 2.78. The number of nitrogens with zero attached hydrogens (tertiary/aromatic N) is 2. The Kier molecular flexibility index (Phi) is 2.63. The minimum atomic E-state index is -1.02. The van der Waals surface area contributed by atoms with E-state index in [1.165, 1.54) is 0 Å². The Morgan fingerprint density at radius 3 is 2.82 bits per heavy atom. The highest BCUT2D eigenvalue weighted by Crippen LogP contribution is 2.24. The number of hydrogen-bond donors (Lipinski definition) is 2. The first-order valence-electron chi connectivity index (χ1n) is 5.38. The van der Waals surface area contributed by atoms with Crippen LogP contribution in [0, 0.1) is 0 Å². The maximum Gasteiger partial charge on any atom is 0.356 e. The lowest BCUT2D eigenvalue weighted by atomic mass is 9.93. The van der Waals surface area contributed by atoms with Crippen molar-refractivity contribution in [3.63, 3.8) is 0 Å². The Bertz CT molecular complexity index is 572. The summed E-state index contributed by atoms with van der Waals surface area (Å²) >= 11 is 0. The van der Waals surface area contributed by atoms with Gasteiger partial charge in [0, 0.05) is 18.2 Å². The van der Waals surface area contributed by atoms with Gasteiger partial charge in [-0.2, -0.15) is 0 Å². The standard InChI is InChI=1S/C12H15N3O2/c1-12(2,7-13)11-14-9(10(16)17)8-5-3-4-6-15(8)11/h3-6H,7,13H2,1-2H3,(H,16,17). The first kappa shape index (κ1) is 11.6. The first-order valence-corrected chi connectivity index (χ1v) is 5.38. The Morgan fingerprint density at radius 2 is 2.24 bits per heavy atom. The van der Waals surface area contributed by atoms with Gasteiger partial charge in [0.15, 0.2) is 5.69 Å². The molecule has 0 radical (unpaired) electrons. The van der Waals surface area contributed by atoms with E-state index in [1.807, 2.05) is 26.1 Å². The molecule has 0 saturated heterocycles. The quantitative estimate of drug-likeness (QED) is 0.836. The number of fused-ring (bicyclic) bond motifs is 1. The van der Waals surface area contributed by atoms with E-state index in [4.69, 9.17) is 10.8 Å². The van der Waals surface area contributed by atoms with Crippen molar-refractivity contribution in [2.24, 2.45) is 5.73 Å². The SMILES string of the molecule is CC(C)(CN)c1nc(C(=O)O)c2ccccn12. The first-order chi connectivity index (χ1) is 7.97. The monoisotopic (exact) mass is 233 g/mol. The van der Waals surface area contributed by atoms with E-state index in [2.05, 4.69) is 4.98 Å². The van der Waals surface area contributed by atoms with Crippen molar-refractivity contribution in [1.29, 1.82) is 0 Å². The van der Waals surface area contributed by atoms with Gasteiger partial charge in [0.1, 0.15) is 5.82 Å². The zero-order valence-corrected chi connectivity index (χ0v) is 9.84. The molecule has 0 bridgehead atoms. The number of pyridine rings is 1. The number of nitrogens with two attached hydrogens (primary N) is 1. The van der Waals surface area contributed by atoms with E-state index < -0.39 is 5.97 Å². The molecule has 5 heteroatoms. The molecule has 0 amide bonds. The highest BCUT2D eigenvalue weighted by Gasteiger charge is 2.27. The smallest absolute Gasteiger partial charge is 0.356 e. The maximum atomic E-state index is 11.1. The summed E-state index contributed by atoms with van der Waals surface area (Å²) in [7, 11) is 0. The zero-order chi connectivity index (χ0) is 12.6. The largest absolute Gasteiger partial charge is 0.476 e. The van der Waals surface area contributed by atoms with Crippen LogP contribution >= 0.6 is 0 Å². The van der Waals surface area contributed by atoms with E-state index >= 15 is 0 Å². The fourth-order valence-electron chi connectivity index (χ4n) is 1.76. The molecule has 90 valence electrons. The van der Waals surface area contributed by atoms with Gasteiger partial charge in [-0.05, 0) is 12.1 Å². The third kappa shape index (κ3) is 1.78. The molecule has 0 unspecified atom stereocenters. The number of aromatic nitrogens is 2. The number of aromatic carboxylic acids is 1. The van der Waals surface area contributed by atoms with Crippen LogP contribution in [0.2, 0.25) is 0 Å². The fourth-order valence-corrected chi connectivity index (χ4v) is 1.76. The lowest BCUT2D eigenvalue weighted by molar-refractivity contribution is 0.0693. The summed E-state index contributed by atoms with van der Waals surface area (Å²) < 4.78 is 1.79. The lowest BCUT2D eigenvalue weighted by Crippen LogP contribution is -2.30. The summed E-state index contributed by atoms with van der Waals surface area (Å²) in [4.78, 5) is 15.4. The Labute approximate surface area is 98.9 Å². The molecule has 0 saturated carbocycles. The van der Waals surface area contributed by atoms with Crippen molar-refractivity contribution < 1.29 is 9.90 Å². The molecule has 2 aromatic heterocycles. The minimum Gasteiger partial charge on any atom is -0.476 e. The molecular weight excluding hydrogens is 218 g/mol. The molecule has 2 rings (SSSR count). The summed E-state index contributed by atoms with van der Waals surface area (Å²) in [5, 5.41) is 9.13. The van der Waals surface area contributed by atoms with Gasteiger partial charge < -0.3 is 15.2 Å². The van der Waals surface area contributed by atoms with Crippen molar-refractivity contribution in [3.8, 4) is 0 Å². The molecule has 0 spiro atoms. The predicted molar refractivity (Wildman–Crippen MR) is 64.2 cm³/mol. The van der Waals surface area contributed by atoms with Gasteiger partial charge in [-0.3, -0.25) is 0 Å². The second kappa shape index (κ2) is 3.85. The van der Waals surface area contributed by atoms with Gasteiger partial charge >= 0.3 is 5.97 Å². The third-order valence-corrected chi connectivity index (χ3v) is 2.87. The summed E-state index contributed by atoms with van der Waals surface area (Å²) in [6.07, 6.45) is 1.81. The zero-order valence-electron chi connectivity index (χ0n) is 9.84. The summed E-state index contributed by atoms with van der Waals surface area (Å²) in [5.74, 6) is -0.347. The van der Waals surface area contributed by atoms with E-state index in [-0.39, 0.29) is 11.1 Å². The summed E-state index contributed by atoms with van der Waals surface area (Å²) in [6.45, 7) is 4.29. The number of imidazole rings is 1. The van der Waals surface area contributed by atoms with Crippen LogP contribution in [0.1, 0.15) is 30.2 Å². The maximum absolute atomic E-state index is 11.1. The van der Waals surface area contributed by atoms with Gasteiger partial charge in [-0.1, -0.05) is 19.9 Å². The van der Waals surface area contributed by atoms with Crippen molar-refractivity contribution in [2.75, 3.05) is 6.54 Å². The van der Waals surface area contributed by atoms with Crippen LogP contribution in [0.3, 0.4) is 0 Å². The summed E-state index contributed by atoms with van der Waals surface area (Å²) in [6, 6.07) is 5.38. The molecule has 0 aliphatic heterocycles. The van der Waals surface area contributed by atoms with Crippen LogP contribution in [0.15, 0.2) is 24.4 Å². The van der Waals surface area contributed by atoms with Crippen molar-refractivity contribution in [2.45, 2.75) is 19.3 Å². The van der Waals surface area contributed by atoms with E-state index in [1.54, 1.807) is 16.5 Å². The second-order valence-electron chi connectivity index (χ2n) is 4.63. The van der Waals surface area contributed by atoms with Gasteiger partial charge in [-0.25, -0.2) is 9.78 Å². The molecule has 5 nitrogen and oxygen atoms in total. The number of rotatable bonds is 3. The second-order valence-corrected chi connectivity index (χ2v) is 4.63. The number of hydrogen-bond acceptors (Lipinski definition) is 3. The van der Waals surface area contributed by atoms with Crippen LogP contribution in [-0.2, 0) is 5.41 Å². The summed E-state index contributed by atoms with van der Waals surface area (Å²) in [5.41, 5.74) is 6.02. The van der Waals surface area contributed by atoms with Gasteiger partial charge in [0.05, 0.1) is 5.52 Å². The van der Waals surface area contributed by atoms with Crippen molar-refractivity contribution >= 4 is 11.5 Å². The molecule has 2 aromatic rings. The lowest BCUT2D eigenvalue weighted by Gasteiger charge is -2.20. The van der Waals surface area contributed by atoms with Crippen LogP contribution < -0.4 is 5.73 Å². The van der Waals surface area contributed by atoms with Crippen LogP contribution in [0.5, 0.6) is 0 Å². The Morgan fingerprint density at radius 1 is 1.53 bits per heavy atom. The number of carboxylic acid groups (broad SMARTS) is 1. The molecule has 2 heterocycles. The van der Waals surface area contributed by atoms with Gasteiger partial charge in [0.25, 0.3) is 0 Å². The molecule has 3 N–H and O–H groups in total. The molecular formula is C12H15N3O2. The van der Waals surface area contributed by atoms with Crippen molar-refractivity contribution in [1.82, 2.24) is 9.38 Å². The molecule has 0 aromatic carbocycles. The molecule has 17 heavy (non-hydrogen) atoms. The third-order valence-electron chi connectivity index (χ3n) is 2.87. The molecule has 0 aliphatic carbocycles. The Hall–Kier alpha value is -1.88. The van der Waals surface area contributed by atoms with Crippen molar-refractivity contribution in [3.05, 3.63) is 35.9 Å². The van der Waals surface area contributed by atoms with Crippen LogP contribution in [0.4, 0.5) is 0 Å². The molecule has 0 atom stereocenters. The van der Waals surface area contributed by atoms with Crippen LogP contribution in [0.25, 0.3) is 5.52 Å². The topological polar surface area (TPSA) is 80.6 Å². The predicted octanol–water partition coefficient (Wildman–Crippen LogP) is 1.27. The number of carbonyl (C=O) groups is 1.